The normalized spacial score (nSPS) is 10.5. The molecule has 116 valence electrons. The number of hydrogen-bond acceptors (Lipinski definition) is 5. The highest BCUT2D eigenvalue weighted by molar-refractivity contribution is 6.30. The Kier molecular flexibility index (Phi) is 4.37. The molecule has 0 aliphatic heterocycles. The smallest absolute Gasteiger partial charge is 0.332 e. The Bertz CT molecular complexity index is 837. The number of nitrogens with two attached hydrogens (primary N) is 1. The third-order valence-corrected chi connectivity index (χ3v) is 3.42. The molecule has 0 aliphatic carbocycles. The lowest BCUT2D eigenvalue weighted by atomic mass is 10.2. The summed E-state index contributed by atoms with van der Waals surface area (Å²) in [6, 6.07) is 6.41. The number of halogens is 1. The molecule has 8 heteroatoms. The first kappa shape index (κ1) is 15.8. The fraction of sp³-hybridized carbons (Fsp3) is 0.214. The largest absolute Gasteiger partial charge is 0.485 e. The van der Waals surface area contributed by atoms with Gasteiger partial charge in [0, 0.05) is 19.1 Å². The zero-order valence-corrected chi connectivity index (χ0v) is 12.8. The van der Waals surface area contributed by atoms with E-state index in [0.29, 0.717) is 10.8 Å². The fourth-order valence-corrected chi connectivity index (χ4v) is 2.00. The van der Waals surface area contributed by atoms with Crippen LogP contribution in [-0.4, -0.2) is 21.5 Å². The monoisotopic (exact) mass is 323 g/mol. The maximum Gasteiger partial charge on any atom is 0.332 e. The number of hydrogen-bond donors (Lipinski definition) is 1. The molecule has 22 heavy (non-hydrogen) atoms. The van der Waals surface area contributed by atoms with Gasteiger partial charge < -0.3 is 10.5 Å². The predicted octanol–water partition coefficient (Wildman–Crippen LogP) is 0.581. The van der Waals surface area contributed by atoms with E-state index in [-0.39, 0.29) is 18.0 Å². The van der Waals surface area contributed by atoms with Gasteiger partial charge in [0.1, 0.15) is 17.1 Å². The Morgan fingerprint density at radius 3 is 2.36 bits per heavy atom. The number of rotatable bonds is 4. The Balaban J connectivity index is 2.29. The molecule has 0 fully saturated rings. The average Bonchev–Trinajstić information content (AvgIpc) is 2.50. The summed E-state index contributed by atoms with van der Waals surface area (Å²) in [4.78, 5) is 35.9. The van der Waals surface area contributed by atoms with Crippen molar-refractivity contribution in [2.75, 3.05) is 12.3 Å². The first-order valence-corrected chi connectivity index (χ1v) is 6.67. The maximum absolute atomic E-state index is 12.2. The molecule has 1 aromatic heterocycles. The van der Waals surface area contributed by atoms with Gasteiger partial charge in [-0.25, -0.2) is 4.79 Å². The topological polar surface area (TPSA) is 96.3 Å². The van der Waals surface area contributed by atoms with E-state index in [1.54, 1.807) is 24.3 Å². The van der Waals surface area contributed by atoms with Crippen LogP contribution in [0.1, 0.15) is 10.4 Å². The summed E-state index contributed by atoms with van der Waals surface area (Å²) in [5.41, 5.74) is 4.09. The number of Topliss-reactive ketones (excluding diaryl/α,β-unsaturated/α-hetero) is 1. The van der Waals surface area contributed by atoms with E-state index < -0.39 is 17.0 Å². The molecule has 0 aliphatic rings. The van der Waals surface area contributed by atoms with Gasteiger partial charge in [-0.2, -0.15) is 0 Å². The second-order valence-corrected chi connectivity index (χ2v) is 5.07. The summed E-state index contributed by atoms with van der Waals surface area (Å²) in [5.74, 6) is -0.362. The number of anilines is 1. The highest BCUT2D eigenvalue weighted by Gasteiger charge is 2.20. The van der Waals surface area contributed by atoms with Gasteiger partial charge in [0.15, 0.2) is 6.61 Å². The maximum atomic E-state index is 12.2. The number of carbonyl (C=O) groups excluding carboxylic acids is 1. The van der Waals surface area contributed by atoms with E-state index in [9.17, 15) is 14.4 Å². The number of ether oxygens (including phenoxy) is 1. The second kappa shape index (κ2) is 6.07. The molecule has 2 N–H and O–H groups in total. The Morgan fingerprint density at radius 2 is 1.77 bits per heavy atom. The number of nitrogen functional groups attached to an aromatic ring is 1. The van der Waals surface area contributed by atoms with Gasteiger partial charge in [-0.15, -0.1) is 0 Å². The number of nitrogens with zero attached hydrogens (tertiary/aromatic N) is 2. The van der Waals surface area contributed by atoms with E-state index in [1.807, 2.05) is 0 Å². The molecule has 0 saturated heterocycles. The van der Waals surface area contributed by atoms with Crippen LogP contribution in [0.5, 0.6) is 5.75 Å². The highest BCUT2D eigenvalue weighted by atomic mass is 35.5. The van der Waals surface area contributed by atoms with Crippen LogP contribution in [0.3, 0.4) is 0 Å². The zero-order valence-electron chi connectivity index (χ0n) is 12.0. The lowest BCUT2D eigenvalue weighted by molar-refractivity contribution is 0.0919. The third kappa shape index (κ3) is 2.89. The van der Waals surface area contributed by atoms with Crippen molar-refractivity contribution < 1.29 is 9.53 Å². The molecule has 2 aromatic rings. The lowest BCUT2D eigenvalue weighted by Crippen LogP contribution is -2.42. The summed E-state index contributed by atoms with van der Waals surface area (Å²) < 4.78 is 7.16. The lowest BCUT2D eigenvalue weighted by Gasteiger charge is -2.11. The van der Waals surface area contributed by atoms with Crippen molar-refractivity contribution >= 4 is 23.2 Å². The van der Waals surface area contributed by atoms with Gasteiger partial charge in [-0.05, 0) is 24.3 Å². The van der Waals surface area contributed by atoms with Crippen LogP contribution in [0.2, 0.25) is 5.02 Å². The van der Waals surface area contributed by atoms with Gasteiger partial charge in [-0.1, -0.05) is 11.6 Å². The second-order valence-electron chi connectivity index (χ2n) is 4.63. The molecule has 0 unspecified atom stereocenters. The molecular weight excluding hydrogens is 310 g/mol. The quantitative estimate of drug-likeness (QED) is 0.830. The van der Waals surface area contributed by atoms with Gasteiger partial charge in [0.25, 0.3) is 5.56 Å². The molecule has 1 heterocycles. The van der Waals surface area contributed by atoms with Crippen molar-refractivity contribution in [2.45, 2.75) is 0 Å². The number of carbonyl (C=O) groups is 1. The third-order valence-electron chi connectivity index (χ3n) is 3.17. The van der Waals surface area contributed by atoms with E-state index in [2.05, 4.69) is 0 Å². The number of benzene rings is 1. The minimum atomic E-state index is -0.745. The van der Waals surface area contributed by atoms with Gasteiger partial charge >= 0.3 is 5.69 Å². The number of aromatic nitrogens is 2. The minimum absolute atomic E-state index is 0.183. The summed E-state index contributed by atoms with van der Waals surface area (Å²) in [6.45, 7) is -0.376. The van der Waals surface area contributed by atoms with Crippen LogP contribution in [0.4, 0.5) is 5.82 Å². The molecule has 0 atom stereocenters. The van der Waals surface area contributed by atoms with Crippen LogP contribution in [0, 0.1) is 0 Å². The fourth-order valence-electron chi connectivity index (χ4n) is 1.87. The summed E-state index contributed by atoms with van der Waals surface area (Å²) in [7, 11) is 2.66. The van der Waals surface area contributed by atoms with Crippen molar-refractivity contribution in [1.29, 1.82) is 0 Å². The molecule has 7 nitrogen and oxygen atoms in total. The summed E-state index contributed by atoms with van der Waals surface area (Å²) >= 11 is 5.75. The van der Waals surface area contributed by atoms with Crippen molar-refractivity contribution in [3.05, 3.63) is 55.7 Å². The molecule has 0 bridgehead atoms. The molecule has 2 rings (SSSR count). The zero-order chi connectivity index (χ0) is 16.4. The molecule has 0 spiro atoms. The standard InChI is InChI=1S/C14H14ClN3O4/c1-17-12(16)11(13(20)18(2)14(17)21)10(19)7-22-9-5-3-8(15)4-6-9/h3-6H,7,16H2,1-2H3. The van der Waals surface area contributed by atoms with E-state index >= 15 is 0 Å². The predicted molar refractivity (Wildman–Crippen MR) is 82.6 cm³/mol. The molecule has 1 aromatic carbocycles. The SMILES string of the molecule is Cn1c(N)c(C(=O)COc2ccc(Cl)cc2)c(=O)n(C)c1=O. The van der Waals surface area contributed by atoms with Gasteiger partial charge in [-0.3, -0.25) is 18.7 Å². The van der Waals surface area contributed by atoms with E-state index in [4.69, 9.17) is 22.1 Å². The van der Waals surface area contributed by atoms with Crippen molar-refractivity contribution in [3.63, 3.8) is 0 Å². The average molecular weight is 324 g/mol. The minimum Gasteiger partial charge on any atom is -0.485 e. The van der Waals surface area contributed by atoms with Crippen molar-refractivity contribution in [2.24, 2.45) is 14.1 Å². The van der Waals surface area contributed by atoms with Gasteiger partial charge in [0.05, 0.1) is 0 Å². The first-order valence-electron chi connectivity index (χ1n) is 6.30. The van der Waals surface area contributed by atoms with E-state index in [0.717, 1.165) is 9.13 Å². The van der Waals surface area contributed by atoms with Crippen molar-refractivity contribution in [3.8, 4) is 5.75 Å². The molecule has 0 saturated carbocycles. The van der Waals surface area contributed by atoms with Crippen LogP contribution in [0.15, 0.2) is 33.9 Å². The van der Waals surface area contributed by atoms with Crippen LogP contribution in [-0.2, 0) is 14.1 Å². The molecule has 0 radical (unpaired) electrons. The molecular formula is C14H14ClN3O4. The Hall–Kier alpha value is -2.54. The van der Waals surface area contributed by atoms with Crippen LogP contribution < -0.4 is 21.7 Å². The number of ketones is 1. The highest BCUT2D eigenvalue weighted by Crippen LogP contribution is 2.16. The Morgan fingerprint density at radius 1 is 1.18 bits per heavy atom. The summed E-state index contributed by atoms with van der Waals surface area (Å²) in [5, 5.41) is 0.537. The van der Waals surface area contributed by atoms with E-state index in [1.165, 1.54) is 14.1 Å². The summed E-state index contributed by atoms with van der Waals surface area (Å²) in [6.07, 6.45) is 0. The van der Waals surface area contributed by atoms with Crippen LogP contribution in [0.25, 0.3) is 0 Å². The first-order chi connectivity index (χ1) is 10.3. The Labute approximate surface area is 130 Å². The molecule has 0 amide bonds. The van der Waals surface area contributed by atoms with Gasteiger partial charge in [0.2, 0.25) is 5.78 Å². The van der Waals surface area contributed by atoms with Crippen LogP contribution >= 0.6 is 11.6 Å². The van der Waals surface area contributed by atoms with Crippen molar-refractivity contribution in [1.82, 2.24) is 9.13 Å².